The van der Waals surface area contributed by atoms with Crippen molar-refractivity contribution >= 4 is 17.7 Å². The minimum Gasteiger partial charge on any atom is -0.478 e. The van der Waals surface area contributed by atoms with Gasteiger partial charge in [-0.05, 0) is 31.2 Å². The van der Waals surface area contributed by atoms with E-state index in [2.05, 4.69) is 17.2 Å². The van der Waals surface area contributed by atoms with Crippen LogP contribution in [0.25, 0.3) is 0 Å². The standard InChI is InChI=1S/C15H21N3O3/c1-2-11-4-3-6-18(7-5-11)15(21)17-13-8-12(14(19)20)9-16-10-13/h8-11H,2-7H2,1H3,(H,17,21)(H,19,20). The van der Waals surface area contributed by atoms with Crippen molar-refractivity contribution in [2.75, 3.05) is 18.4 Å². The molecule has 0 saturated carbocycles. The smallest absolute Gasteiger partial charge is 0.337 e. The van der Waals surface area contributed by atoms with Gasteiger partial charge in [0, 0.05) is 19.3 Å². The summed E-state index contributed by atoms with van der Waals surface area (Å²) in [6.07, 6.45) is 7.07. The highest BCUT2D eigenvalue weighted by molar-refractivity contribution is 5.92. The van der Waals surface area contributed by atoms with Crippen molar-refractivity contribution in [1.29, 1.82) is 0 Å². The van der Waals surface area contributed by atoms with Crippen molar-refractivity contribution in [1.82, 2.24) is 9.88 Å². The number of amides is 2. The lowest BCUT2D eigenvalue weighted by Gasteiger charge is -2.21. The van der Waals surface area contributed by atoms with Crippen molar-refractivity contribution in [2.24, 2.45) is 5.92 Å². The van der Waals surface area contributed by atoms with E-state index >= 15 is 0 Å². The topological polar surface area (TPSA) is 82.5 Å². The Morgan fingerprint density at radius 1 is 1.38 bits per heavy atom. The van der Waals surface area contributed by atoms with Crippen LogP contribution < -0.4 is 5.32 Å². The molecule has 2 rings (SSSR count). The molecule has 21 heavy (non-hydrogen) atoms. The summed E-state index contributed by atoms with van der Waals surface area (Å²) < 4.78 is 0. The van der Waals surface area contributed by atoms with Gasteiger partial charge >= 0.3 is 12.0 Å². The van der Waals surface area contributed by atoms with E-state index < -0.39 is 5.97 Å². The number of carboxylic acids is 1. The molecule has 1 aliphatic rings. The first-order valence-electron chi connectivity index (χ1n) is 7.34. The highest BCUT2D eigenvalue weighted by atomic mass is 16.4. The lowest BCUT2D eigenvalue weighted by atomic mass is 9.98. The van der Waals surface area contributed by atoms with E-state index in [0.717, 1.165) is 38.8 Å². The third kappa shape index (κ3) is 4.18. The predicted molar refractivity (Wildman–Crippen MR) is 79.4 cm³/mol. The average molecular weight is 291 g/mol. The third-order valence-electron chi connectivity index (χ3n) is 3.95. The molecule has 6 heteroatoms. The Morgan fingerprint density at radius 3 is 2.90 bits per heavy atom. The lowest BCUT2D eigenvalue weighted by Crippen LogP contribution is -2.35. The Bertz CT molecular complexity index is 519. The maximum atomic E-state index is 12.2. The van der Waals surface area contributed by atoms with Gasteiger partial charge in [-0.25, -0.2) is 9.59 Å². The largest absolute Gasteiger partial charge is 0.478 e. The van der Waals surface area contributed by atoms with Crippen LogP contribution in [0.4, 0.5) is 10.5 Å². The number of urea groups is 1. The number of aromatic nitrogens is 1. The molecule has 1 aromatic rings. The number of likely N-dealkylation sites (tertiary alicyclic amines) is 1. The fraction of sp³-hybridized carbons (Fsp3) is 0.533. The number of aromatic carboxylic acids is 1. The van der Waals surface area contributed by atoms with Crippen LogP contribution in [-0.4, -0.2) is 40.1 Å². The second kappa shape index (κ2) is 7.06. The number of nitrogens with one attached hydrogen (secondary N) is 1. The first-order valence-corrected chi connectivity index (χ1v) is 7.34. The van der Waals surface area contributed by atoms with Crippen LogP contribution in [0.3, 0.4) is 0 Å². The predicted octanol–water partition coefficient (Wildman–Crippen LogP) is 2.82. The van der Waals surface area contributed by atoms with Crippen molar-refractivity contribution in [3.05, 3.63) is 24.0 Å². The Hall–Kier alpha value is -2.11. The van der Waals surface area contributed by atoms with Gasteiger partial charge in [0.05, 0.1) is 17.4 Å². The monoisotopic (exact) mass is 291 g/mol. The summed E-state index contributed by atoms with van der Waals surface area (Å²) in [6.45, 7) is 3.67. The number of carbonyl (C=O) groups excluding carboxylic acids is 1. The van der Waals surface area contributed by atoms with E-state index in [4.69, 9.17) is 5.11 Å². The Kier molecular flexibility index (Phi) is 5.14. The summed E-state index contributed by atoms with van der Waals surface area (Å²) in [5.41, 5.74) is 0.478. The summed E-state index contributed by atoms with van der Waals surface area (Å²) in [4.78, 5) is 28.8. The summed E-state index contributed by atoms with van der Waals surface area (Å²) in [6, 6.07) is 1.23. The fourth-order valence-electron chi connectivity index (χ4n) is 2.60. The van der Waals surface area contributed by atoms with E-state index in [1.54, 1.807) is 4.90 Å². The number of carbonyl (C=O) groups is 2. The van der Waals surface area contributed by atoms with Gasteiger partial charge in [0.1, 0.15) is 0 Å². The highest BCUT2D eigenvalue weighted by Crippen LogP contribution is 2.20. The lowest BCUT2D eigenvalue weighted by molar-refractivity contribution is 0.0696. The number of carboxylic acid groups (broad SMARTS) is 1. The molecule has 1 saturated heterocycles. The number of hydrogen-bond donors (Lipinski definition) is 2. The second-order valence-corrected chi connectivity index (χ2v) is 5.39. The molecule has 1 atom stereocenters. The average Bonchev–Trinajstić information content (AvgIpc) is 2.73. The van der Waals surface area contributed by atoms with Crippen molar-refractivity contribution < 1.29 is 14.7 Å². The number of pyridine rings is 1. The van der Waals surface area contributed by atoms with Gasteiger partial charge in [-0.15, -0.1) is 0 Å². The van der Waals surface area contributed by atoms with Crippen molar-refractivity contribution in [3.8, 4) is 0 Å². The highest BCUT2D eigenvalue weighted by Gasteiger charge is 2.20. The molecule has 0 spiro atoms. The van der Waals surface area contributed by atoms with Gasteiger partial charge in [0.2, 0.25) is 0 Å². The molecule has 6 nitrogen and oxygen atoms in total. The van der Waals surface area contributed by atoms with Crippen LogP contribution in [0.15, 0.2) is 18.5 Å². The van der Waals surface area contributed by atoms with Gasteiger partial charge < -0.3 is 15.3 Å². The quantitative estimate of drug-likeness (QED) is 0.897. The summed E-state index contributed by atoms with van der Waals surface area (Å²) >= 11 is 0. The van der Waals surface area contributed by atoms with Crippen LogP contribution >= 0.6 is 0 Å². The minimum atomic E-state index is -1.06. The Balaban J connectivity index is 1.97. The number of nitrogens with zero attached hydrogens (tertiary/aromatic N) is 2. The van der Waals surface area contributed by atoms with E-state index in [1.165, 1.54) is 18.5 Å². The molecule has 2 heterocycles. The first-order chi connectivity index (χ1) is 10.1. The SMILES string of the molecule is CCC1CCCN(C(=O)Nc2cncc(C(=O)O)c2)CC1. The summed E-state index contributed by atoms with van der Waals surface area (Å²) in [5.74, 6) is -0.362. The van der Waals surface area contributed by atoms with E-state index in [9.17, 15) is 9.59 Å². The normalized spacial score (nSPS) is 18.9. The van der Waals surface area contributed by atoms with Crippen LogP contribution in [0, 0.1) is 5.92 Å². The van der Waals surface area contributed by atoms with Gasteiger partial charge in [-0.3, -0.25) is 4.98 Å². The van der Waals surface area contributed by atoms with Crippen LogP contribution in [0.5, 0.6) is 0 Å². The van der Waals surface area contributed by atoms with E-state index in [-0.39, 0.29) is 11.6 Å². The van der Waals surface area contributed by atoms with Gasteiger partial charge in [0.25, 0.3) is 0 Å². The van der Waals surface area contributed by atoms with E-state index in [1.807, 2.05) is 0 Å². The first kappa shape index (κ1) is 15.3. The zero-order valence-electron chi connectivity index (χ0n) is 12.2. The van der Waals surface area contributed by atoms with Crippen LogP contribution in [0.1, 0.15) is 43.0 Å². The molecule has 0 aliphatic carbocycles. The minimum absolute atomic E-state index is 0.0645. The molecule has 2 amide bonds. The van der Waals surface area contributed by atoms with E-state index in [0.29, 0.717) is 11.6 Å². The molecule has 2 N–H and O–H groups in total. The zero-order chi connectivity index (χ0) is 15.2. The molecule has 0 radical (unpaired) electrons. The molecular weight excluding hydrogens is 270 g/mol. The van der Waals surface area contributed by atoms with Crippen LogP contribution in [0.2, 0.25) is 0 Å². The third-order valence-corrected chi connectivity index (χ3v) is 3.95. The van der Waals surface area contributed by atoms with Gasteiger partial charge in [0.15, 0.2) is 0 Å². The maximum absolute atomic E-state index is 12.2. The molecule has 0 aromatic carbocycles. The number of rotatable bonds is 3. The van der Waals surface area contributed by atoms with Gasteiger partial charge in [-0.2, -0.15) is 0 Å². The second-order valence-electron chi connectivity index (χ2n) is 5.39. The number of anilines is 1. The summed E-state index contributed by atoms with van der Waals surface area (Å²) in [7, 11) is 0. The van der Waals surface area contributed by atoms with Gasteiger partial charge in [-0.1, -0.05) is 13.3 Å². The Labute approximate surface area is 124 Å². The van der Waals surface area contributed by atoms with Crippen molar-refractivity contribution in [2.45, 2.75) is 32.6 Å². The molecule has 114 valence electrons. The van der Waals surface area contributed by atoms with Crippen molar-refractivity contribution in [3.63, 3.8) is 0 Å². The zero-order valence-corrected chi connectivity index (χ0v) is 12.2. The molecule has 1 fully saturated rings. The fourth-order valence-corrected chi connectivity index (χ4v) is 2.60. The molecular formula is C15H21N3O3. The Morgan fingerprint density at radius 2 is 2.19 bits per heavy atom. The number of hydrogen-bond acceptors (Lipinski definition) is 3. The maximum Gasteiger partial charge on any atom is 0.337 e. The summed E-state index contributed by atoms with van der Waals surface area (Å²) in [5, 5.41) is 11.7. The molecule has 1 aromatic heterocycles. The molecule has 1 aliphatic heterocycles. The molecule has 0 bridgehead atoms. The van der Waals surface area contributed by atoms with Crippen LogP contribution in [-0.2, 0) is 0 Å². The molecule has 1 unspecified atom stereocenters.